The van der Waals surface area contributed by atoms with Crippen LogP contribution in [0.1, 0.15) is 19.0 Å². The highest BCUT2D eigenvalue weighted by Crippen LogP contribution is 2.25. The lowest BCUT2D eigenvalue weighted by Gasteiger charge is -2.12. The molecule has 112 valence electrons. The molecular formula is C15H17FIN3O. The van der Waals surface area contributed by atoms with E-state index in [0.717, 1.165) is 28.0 Å². The van der Waals surface area contributed by atoms with E-state index in [0.29, 0.717) is 18.0 Å². The van der Waals surface area contributed by atoms with Gasteiger partial charge in [-0.15, -0.1) is 0 Å². The average molecular weight is 401 g/mol. The smallest absolute Gasteiger partial charge is 0.162 e. The Balaban J connectivity index is 2.47. The first-order valence-electron chi connectivity index (χ1n) is 6.70. The highest BCUT2D eigenvalue weighted by atomic mass is 127. The number of rotatable bonds is 6. The second-order valence-electron chi connectivity index (χ2n) is 4.53. The summed E-state index contributed by atoms with van der Waals surface area (Å²) in [6.07, 6.45) is 0.995. The first kappa shape index (κ1) is 16.1. The van der Waals surface area contributed by atoms with Crippen LogP contribution < -0.4 is 5.32 Å². The predicted octanol–water partition coefficient (Wildman–Crippen LogP) is 3.86. The second kappa shape index (κ2) is 7.65. The molecule has 0 spiro atoms. The SMILES string of the molecule is CCCNc1nc(-c2cccc(F)c2)nc(COC)c1I. The van der Waals surface area contributed by atoms with Gasteiger partial charge in [0.2, 0.25) is 0 Å². The lowest BCUT2D eigenvalue weighted by atomic mass is 10.2. The largest absolute Gasteiger partial charge is 0.378 e. The fourth-order valence-corrected chi connectivity index (χ4v) is 2.43. The normalized spacial score (nSPS) is 10.7. The Morgan fingerprint density at radius 1 is 1.33 bits per heavy atom. The lowest BCUT2D eigenvalue weighted by molar-refractivity contribution is 0.181. The minimum atomic E-state index is -0.300. The Bertz CT molecular complexity index is 622. The van der Waals surface area contributed by atoms with Crippen molar-refractivity contribution in [2.24, 2.45) is 0 Å². The van der Waals surface area contributed by atoms with Crippen LogP contribution in [-0.4, -0.2) is 23.6 Å². The molecule has 0 aliphatic rings. The Morgan fingerprint density at radius 3 is 2.81 bits per heavy atom. The molecule has 0 saturated carbocycles. The summed E-state index contributed by atoms with van der Waals surface area (Å²) in [5.74, 6) is 0.963. The molecule has 0 unspecified atom stereocenters. The second-order valence-corrected chi connectivity index (χ2v) is 5.61. The zero-order valence-electron chi connectivity index (χ0n) is 12.0. The van der Waals surface area contributed by atoms with Crippen LogP contribution in [0.5, 0.6) is 0 Å². The van der Waals surface area contributed by atoms with Crippen molar-refractivity contribution in [3.05, 3.63) is 39.3 Å². The van der Waals surface area contributed by atoms with E-state index in [1.807, 2.05) is 0 Å². The molecule has 0 bridgehead atoms. The van der Waals surface area contributed by atoms with E-state index in [9.17, 15) is 4.39 Å². The monoisotopic (exact) mass is 401 g/mol. The number of benzene rings is 1. The van der Waals surface area contributed by atoms with Crippen LogP contribution in [0.3, 0.4) is 0 Å². The summed E-state index contributed by atoms with van der Waals surface area (Å²) in [5.41, 5.74) is 1.45. The molecule has 2 rings (SSSR count). The van der Waals surface area contributed by atoms with Crippen molar-refractivity contribution in [1.29, 1.82) is 0 Å². The van der Waals surface area contributed by atoms with Crippen molar-refractivity contribution < 1.29 is 9.13 Å². The average Bonchev–Trinajstić information content (AvgIpc) is 2.48. The molecule has 1 heterocycles. The number of anilines is 1. The van der Waals surface area contributed by atoms with Gasteiger partial charge in [-0.3, -0.25) is 0 Å². The molecule has 1 aromatic heterocycles. The van der Waals surface area contributed by atoms with E-state index in [1.54, 1.807) is 19.2 Å². The molecule has 4 nitrogen and oxygen atoms in total. The van der Waals surface area contributed by atoms with Crippen molar-refractivity contribution in [3.63, 3.8) is 0 Å². The third-order valence-corrected chi connectivity index (χ3v) is 3.96. The summed E-state index contributed by atoms with van der Waals surface area (Å²) in [6, 6.07) is 6.29. The van der Waals surface area contributed by atoms with Gasteiger partial charge in [-0.2, -0.15) is 0 Å². The maximum atomic E-state index is 13.4. The fourth-order valence-electron chi connectivity index (χ4n) is 1.84. The van der Waals surface area contributed by atoms with Crippen LogP contribution in [0.2, 0.25) is 0 Å². The Hall–Kier alpha value is -1.28. The number of ether oxygens (including phenoxy) is 1. The Labute approximate surface area is 137 Å². The molecule has 0 amide bonds. The summed E-state index contributed by atoms with van der Waals surface area (Å²) in [5, 5.41) is 3.28. The van der Waals surface area contributed by atoms with Gasteiger partial charge in [0.25, 0.3) is 0 Å². The van der Waals surface area contributed by atoms with Gasteiger partial charge in [-0.25, -0.2) is 14.4 Å². The molecule has 0 aliphatic heterocycles. The van der Waals surface area contributed by atoms with Crippen molar-refractivity contribution in [3.8, 4) is 11.4 Å². The molecule has 0 aliphatic carbocycles. The van der Waals surface area contributed by atoms with Crippen molar-refractivity contribution in [1.82, 2.24) is 9.97 Å². The van der Waals surface area contributed by atoms with Crippen LogP contribution in [0, 0.1) is 9.39 Å². The van der Waals surface area contributed by atoms with Gasteiger partial charge in [0.15, 0.2) is 5.82 Å². The van der Waals surface area contributed by atoms with Gasteiger partial charge in [0, 0.05) is 19.2 Å². The highest BCUT2D eigenvalue weighted by molar-refractivity contribution is 14.1. The van der Waals surface area contributed by atoms with Gasteiger partial charge in [-0.1, -0.05) is 19.1 Å². The standard InChI is InChI=1S/C15H17FIN3O/c1-3-7-18-15-13(17)12(9-21-2)19-14(20-15)10-5-4-6-11(16)8-10/h4-6,8H,3,7,9H2,1-2H3,(H,18,19,20). The topological polar surface area (TPSA) is 47.0 Å². The Kier molecular flexibility index (Phi) is 5.86. The van der Waals surface area contributed by atoms with Gasteiger partial charge in [0.05, 0.1) is 15.9 Å². The molecule has 1 N–H and O–H groups in total. The number of hydrogen-bond donors (Lipinski definition) is 1. The quantitative estimate of drug-likeness (QED) is 0.747. The molecule has 0 radical (unpaired) electrons. The number of aromatic nitrogens is 2. The fraction of sp³-hybridized carbons (Fsp3) is 0.333. The van der Waals surface area contributed by atoms with E-state index >= 15 is 0 Å². The maximum Gasteiger partial charge on any atom is 0.162 e. The van der Waals surface area contributed by atoms with Gasteiger partial charge < -0.3 is 10.1 Å². The van der Waals surface area contributed by atoms with E-state index < -0.39 is 0 Å². The summed E-state index contributed by atoms with van der Waals surface area (Å²) in [6.45, 7) is 3.30. The van der Waals surface area contributed by atoms with Crippen molar-refractivity contribution in [2.45, 2.75) is 20.0 Å². The van der Waals surface area contributed by atoms with Crippen LogP contribution >= 0.6 is 22.6 Å². The lowest BCUT2D eigenvalue weighted by Crippen LogP contribution is -2.09. The summed E-state index contributed by atoms with van der Waals surface area (Å²) in [7, 11) is 1.62. The molecular weight excluding hydrogens is 384 g/mol. The molecule has 0 saturated heterocycles. The number of methoxy groups -OCH3 is 1. The predicted molar refractivity (Wildman–Crippen MR) is 89.6 cm³/mol. The zero-order valence-corrected chi connectivity index (χ0v) is 14.1. The number of nitrogens with zero attached hydrogens (tertiary/aromatic N) is 2. The summed E-state index contributed by atoms with van der Waals surface area (Å²) in [4.78, 5) is 9.00. The number of nitrogens with one attached hydrogen (secondary N) is 1. The van der Waals surface area contributed by atoms with Crippen LogP contribution in [0.4, 0.5) is 10.2 Å². The van der Waals surface area contributed by atoms with E-state index in [2.05, 4.69) is 44.8 Å². The van der Waals surface area contributed by atoms with Gasteiger partial charge in [-0.05, 0) is 41.1 Å². The van der Waals surface area contributed by atoms with Gasteiger partial charge in [0.1, 0.15) is 11.6 Å². The van der Waals surface area contributed by atoms with Gasteiger partial charge >= 0.3 is 0 Å². The van der Waals surface area contributed by atoms with E-state index in [1.165, 1.54) is 12.1 Å². The number of hydrogen-bond acceptors (Lipinski definition) is 4. The summed E-state index contributed by atoms with van der Waals surface area (Å²) >= 11 is 2.21. The van der Waals surface area contributed by atoms with E-state index in [-0.39, 0.29) is 5.82 Å². The molecule has 0 fully saturated rings. The third kappa shape index (κ3) is 4.10. The molecule has 6 heteroatoms. The van der Waals surface area contributed by atoms with Crippen molar-refractivity contribution >= 4 is 28.4 Å². The minimum Gasteiger partial charge on any atom is -0.378 e. The first-order chi connectivity index (χ1) is 10.2. The maximum absolute atomic E-state index is 13.4. The van der Waals surface area contributed by atoms with Crippen LogP contribution in [0.25, 0.3) is 11.4 Å². The van der Waals surface area contributed by atoms with Crippen molar-refractivity contribution in [2.75, 3.05) is 19.0 Å². The van der Waals surface area contributed by atoms with Crippen LogP contribution in [0.15, 0.2) is 24.3 Å². The number of halogens is 2. The third-order valence-electron chi connectivity index (χ3n) is 2.83. The van der Waals surface area contributed by atoms with E-state index in [4.69, 9.17) is 4.74 Å². The molecule has 1 aromatic carbocycles. The highest BCUT2D eigenvalue weighted by Gasteiger charge is 2.13. The Morgan fingerprint density at radius 2 is 2.14 bits per heavy atom. The minimum absolute atomic E-state index is 0.300. The summed E-state index contributed by atoms with van der Waals surface area (Å²) < 4.78 is 19.5. The zero-order chi connectivity index (χ0) is 15.2. The molecule has 2 aromatic rings. The molecule has 0 atom stereocenters. The molecule has 21 heavy (non-hydrogen) atoms. The van der Waals surface area contributed by atoms with Crippen LogP contribution in [-0.2, 0) is 11.3 Å². The first-order valence-corrected chi connectivity index (χ1v) is 7.78.